The van der Waals surface area contributed by atoms with Crippen LogP contribution >= 0.6 is 0 Å². The van der Waals surface area contributed by atoms with Gasteiger partial charge in [0, 0.05) is 12.5 Å². The number of hydrogen-bond donors (Lipinski definition) is 2. The van der Waals surface area contributed by atoms with E-state index < -0.39 is 30.3 Å². The lowest BCUT2D eigenvalue weighted by Crippen LogP contribution is -2.31. The van der Waals surface area contributed by atoms with Gasteiger partial charge in [0.25, 0.3) is 5.91 Å². The van der Waals surface area contributed by atoms with Gasteiger partial charge in [0.2, 0.25) is 5.91 Å². The van der Waals surface area contributed by atoms with E-state index in [4.69, 9.17) is 0 Å². The number of halogens is 3. The summed E-state index contributed by atoms with van der Waals surface area (Å²) in [4.78, 5) is 28.2. The molecule has 0 radical (unpaired) electrons. The topological polar surface area (TPSA) is 127 Å². The molecule has 2 N–H and O–H groups in total. The Hall–Kier alpha value is -3.51. The number of aromatic nitrogens is 5. The predicted molar refractivity (Wildman–Crippen MR) is 94.9 cm³/mol. The van der Waals surface area contributed by atoms with Crippen LogP contribution in [0.1, 0.15) is 40.8 Å². The molecule has 2 amide bonds. The first-order valence-corrected chi connectivity index (χ1v) is 8.87. The van der Waals surface area contributed by atoms with Crippen LogP contribution in [-0.2, 0) is 17.9 Å². The molecule has 160 valence electrons. The van der Waals surface area contributed by atoms with Crippen molar-refractivity contribution in [2.45, 2.75) is 39.5 Å². The zero-order valence-corrected chi connectivity index (χ0v) is 16.0. The van der Waals surface area contributed by atoms with E-state index in [0.717, 1.165) is 0 Å². The van der Waals surface area contributed by atoms with E-state index >= 15 is 0 Å². The number of rotatable bonds is 7. The summed E-state index contributed by atoms with van der Waals surface area (Å²) in [5.74, 6) is -2.35. The molecular formula is C17H18F3N7O3. The minimum atomic E-state index is -4.40. The molecule has 1 atom stereocenters. The summed E-state index contributed by atoms with van der Waals surface area (Å²) >= 11 is 0. The molecule has 3 rings (SSSR count). The third-order valence-corrected chi connectivity index (χ3v) is 4.18. The Balaban J connectivity index is 1.58. The zero-order valence-electron chi connectivity index (χ0n) is 16.0. The highest BCUT2D eigenvalue weighted by molar-refractivity contribution is 5.92. The average Bonchev–Trinajstić information content (AvgIpc) is 3.27. The Labute approximate surface area is 167 Å². The second kappa shape index (κ2) is 8.47. The van der Waals surface area contributed by atoms with Crippen LogP contribution in [0.5, 0.6) is 0 Å². The molecule has 3 aromatic heterocycles. The lowest BCUT2D eigenvalue weighted by Gasteiger charge is -2.14. The smallest absolute Gasteiger partial charge is 0.352 e. The lowest BCUT2D eigenvalue weighted by molar-refractivity contribution is -0.153. The van der Waals surface area contributed by atoms with Crippen molar-refractivity contribution >= 4 is 17.5 Å². The summed E-state index contributed by atoms with van der Waals surface area (Å²) in [7, 11) is 0. The van der Waals surface area contributed by atoms with Crippen LogP contribution < -0.4 is 10.6 Å². The van der Waals surface area contributed by atoms with E-state index in [2.05, 4.69) is 35.7 Å². The molecule has 0 unspecified atom stereocenters. The maximum atomic E-state index is 12.4. The van der Waals surface area contributed by atoms with Crippen LogP contribution in [0, 0.1) is 12.8 Å². The number of imidazole rings is 1. The van der Waals surface area contributed by atoms with Crippen molar-refractivity contribution < 1.29 is 27.4 Å². The van der Waals surface area contributed by atoms with Crippen molar-refractivity contribution in [3.63, 3.8) is 0 Å². The van der Waals surface area contributed by atoms with Crippen LogP contribution in [0.4, 0.5) is 13.2 Å². The molecule has 0 aliphatic rings. The van der Waals surface area contributed by atoms with Crippen LogP contribution in [0.3, 0.4) is 0 Å². The molecule has 0 aliphatic carbocycles. The summed E-state index contributed by atoms with van der Waals surface area (Å²) in [5.41, 5.74) is 1.98. The highest BCUT2D eigenvalue weighted by atomic mass is 19.4. The van der Waals surface area contributed by atoms with Gasteiger partial charge < -0.3 is 10.6 Å². The number of alkyl halides is 3. The maximum absolute atomic E-state index is 12.4. The largest absolute Gasteiger partial charge is 0.389 e. The van der Waals surface area contributed by atoms with Gasteiger partial charge in [-0.25, -0.2) is 14.1 Å². The Morgan fingerprint density at radius 3 is 2.67 bits per heavy atom. The number of aryl methyl sites for hydroxylation is 1. The molecule has 10 nitrogen and oxygen atoms in total. The van der Waals surface area contributed by atoms with Crippen LogP contribution in [0.15, 0.2) is 23.1 Å². The van der Waals surface area contributed by atoms with E-state index in [1.165, 1.54) is 17.6 Å². The molecule has 30 heavy (non-hydrogen) atoms. The van der Waals surface area contributed by atoms with E-state index in [1.54, 1.807) is 19.2 Å². The minimum Gasteiger partial charge on any atom is -0.352 e. The molecule has 0 saturated heterocycles. The van der Waals surface area contributed by atoms with Gasteiger partial charge in [-0.2, -0.15) is 18.3 Å². The molecule has 0 aliphatic heterocycles. The summed E-state index contributed by atoms with van der Waals surface area (Å²) in [5, 5.41) is 16.3. The first-order valence-electron chi connectivity index (χ1n) is 8.87. The van der Waals surface area contributed by atoms with Gasteiger partial charge in [-0.3, -0.25) is 9.59 Å². The predicted octanol–water partition coefficient (Wildman–Crippen LogP) is 1.56. The first kappa shape index (κ1) is 21.2. The van der Waals surface area contributed by atoms with Crippen LogP contribution in [0.2, 0.25) is 0 Å². The van der Waals surface area contributed by atoms with Gasteiger partial charge in [0.1, 0.15) is 5.69 Å². The number of carbonyl (C=O) groups is 2. The zero-order chi connectivity index (χ0) is 21.9. The quantitative estimate of drug-likeness (QED) is 0.588. The van der Waals surface area contributed by atoms with E-state index in [1.807, 2.05) is 0 Å². The van der Waals surface area contributed by atoms with Crippen LogP contribution in [-0.4, -0.2) is 42.9 Å². The van der Waals surface area contributed by atoms with Crippen molar-refractivity contribution in [3.8, 4) is 0 Å². The summed E-state index contributed by atoms with van der Waals surface area (Å²) in [6, 6.07) is 1.64. The Morgan fingerprint density at radius 1 is 1.23 bits per heavy atom. The van der Waals surface area contributed by atoms with Crippen LogP contribution in [0.25, 0.3) is 5.65 Å². The van der Waals surface area contributed by atoms with Gasteiger partial charge in [0.15, 0.2) is 11.3 Å². The highest BCUT2D eigenvalue weighted by Crippen LogP contribution is 2.24. The molecular weight excluding hydrogens is 407 g/mol. The molecule has 0 aromatic carbocycles. The van der Waals surface area contributed by atoms with E-state index in [-0.39, 0.29) is 18.8 Å². The minimum absolute atomic E-state index is 0.0158. The Kier molecular flexibility index (Phi) is 5.99. The summed E-state index contributed by atoms with van der Waals surface area (Å²) in [6.07, 6.45) is -2.51. The molecule has 0 bridgehead atoms. The fourth-order valence-electron chi connectivity index (χ4n) is 2.64. The number of carbonyl (C=O) groups excluding carboxylic acids is 2. The Bertz CT molecular complexity index is 1060. The monoisotopic (exact) mass is 425 g/mol. The standard InChI is InChI=1S/C17H18F3N7O3/c1-9(4-17(18,19)20)15(28)21-5-11-3-13-24-12(8-27(13)23-6-11)7-22-16(29)14-10(2)25-30-26-14/h3,6,8-9H,4-5,7H2,1-2H3,(H,21,28)(H,22,29)/t9-/m0/s1. The van der Waals surface area contributed by atoms with Gasteiger partial charge >= 0.3 is 6.18 Å². The fraction of sp³-hybridized carbons (Fsp3) is 0.412. The van der Waals surface area contributed by atoms with Gasteiger partial charge in [-0.05, 0) is 23.7 Å². The number of nitrogens with one attached hydrogen (secondary N) is 2. The molecule has 0 saturated carbocycles. The molecule has 0 fully saturated rings. The third kappa shape index (κ3) is 5.30. The second-order valence-corrected chi connectivity index (χ2v) is 6.72. The van der Waals surface area contributed by atoms with Gasteiger partial charge in [0.05, 0.1) is 31.1 Å². The maximum Gasteiger partial charge on any atom is 0.389 e. The van der Waals surface area contributed by atoms with Gasteiger partial charge in [-0.1, -0.05) is 12.1 Å². The summed E-state index contributed by atoms with van der Waals surface area (Å²) in [6.45, 7) is 2.93. The lowest BCUT2D eigenvalue weighted by atomic mass is 10.1. The van der Waals surface area contributed by atoms with Crippen molar-refractivity contribution in [1.82, 2.24) is 35.5 Å². The van der Waals surface area contributed by atoms with Gasteiger partial charge in [-0.15, -0.1) is 0 Å². The Morgan fingerprint density at radius 2 is 2.00 bits per heavy atom. The number of amides is 2. The normalized spacial score (nSPS) is 12.7. The molecule has 13 heteroatoms. The fourth-order valence-corrected chi connectivity index (χ4v) is 2.64. The first-order chi connectivity index (χ1) is 14.1. The van der Waals surface area contributed by atoms with Crippen molar-refractivity contribution in [1.29, 1.82) is 0 Å². The summed E-state index contributed by atoms with van der Waals surface area (Å²) < 4.78 is 43.1. The van der Waals surface area contributed by atoms with Crippen molar-refractivity contribution in [3.05, 3.63) is 41.1 Å². The third-order valence-electron chi connectivity index (χ3n) is 4.18. The second-order valence-electron chi connectivity index (χ2n) is 6.72. The van der Waals surface area contributed by atoms with E-state index in [9.17, 15) is 22.8 Å². The van der Waals surface area contributed by atoms with Crippen molar-refractivity contribution in [2.75, 3.05) is 0 Å². The number of hydrogen-bond acceptors (Lipinski definition) is 7. The van der Waals surface area contributed by atoms with Crippen molar-refractivity contribution in [2.24, 2.45) is 5.92 Å². The average molecular weight is 425 g/mol. The van der Waals surface area contributed by atoms with E-state index in [0.29, 0.717) is 22.6 Å². The number of fused-ring (bicyclic) bond motifs is 1. The number of nitrogens with zero attached hydrogens (tertiary/aromatic N) is 5. The SMILES string of the molecule is Cc1nonc1C(=O)NCc1cn2ncc(CNC(=O)[C@@H](C)CC(F)(F)F)cc2n1. The molecule has 3 heterocycles. The molecule has 3 aromatic rings. The highest BCUT2D eigenvalue weighted by Gasteiger charge is 2.32. The molecule has 0 spiro atoms.